The lowest BCUT2D eigenvalue weighted by atomic mass is 10.1. The van der Waals surface area contributed by atoms with E-state index in [1.54, 1.807) is 35.8 Å². The first kappa shape index (κ1) is 35.8. The van der Waals surface area contributed by atoms with Crippen LogP contribution in [0.15, 0.2) is 42.5 Å². The van der Waals surface area contributed by atoms with E-state index in [1.165, 1.54) is 0 Å². The van der Waals surface area contributed by atoms with Gasteiger partial charge < -0.3 is 33.5 Å². The van der Waals surface area contributed by atoms with Gasteiger partial charge in [-0.2, -0.15) is 5.10 Å². The molecule has 3 aromatic rings. The van der Waals surface area contributed by atoms with E-state index in [9.17, 15) is 9.59 Å². The minimum absolute atomic E-state index is 0.139. The van der Waals surface area contributed by atoms with Crippen LogP contribution >= 0.6 is 0 Å². The summed E-state index contributed by atoms with van der Waals surface area (Å²) in [5.41, 5.74) is 2.67. The lowest BCUT2D eigenvalue weighted by Gasteiger charge is -2.35. The van der Waals surface area contributed by atoms with E-state index in [1.807, 2.05) is 70.3 Å². The number of benzene rings is 2. The monoisotopic (exact) mass is 677 g/mol. The topological polar surface area (TPSA) is 108 Å². The van der Waals surface area contributed by atoms with E-state index in [2.05, 4.69) is 10.00 Å². The molecule has 0 radical (unpaired) electrons. The Morgan fingerprint density at radius 1 is 0.898 bits per heavy atom. The molecular weight excluding hydrogens is 626 g/mol. The molecular formula is C37H51N5O7. The summed E-state index contributed by atoms with van der Waals surface area (Å²) in [6.45, 7) is 10.4. The van der Waals surface area contributed by atoms with Gasteiger partial charge in [0.25, 0.3) is 5.91 Å². The molecule has 1 aliphatic heterocycles. The first-order valence-corrected chi connectivity index (χ1v) is 17.0. The van der Waals surface area contributed by atoms with Crippen LogP contribution in [0.3, 0.4) is 0 Å². The summed E-state index contributed by atoms with van der Waals surface area (Å²) in [5.74, 6) is 2.82. The first-order valence-electron chi connectivity index (χ1n) is 17.0. The average Bonchev–Trinajstić information content (AvgIpc) is 3.86. The van der Waals surface area contributed by atoms with Gasteiger partial charge in [0, 0.05) is 62.9 Å². The van der Waals surface area contributed by atoms with Crippen LogP contribution in [0, 0.1) is 0 Å². The molecule has 0 spiro atoms. The number of carbonyl (C=O) groups is 2. The molecule has 2 aromatic carbocycles. The van der Waals surface area contributed by atoms with Crippen molar-refractivity contribution in [1.82, 2.24) is 24.5 Å². The molecule has 0 atom stereocenters. The highest BCUT2D eigenvalue weighted by Gasteiger charge is 2.30. The Kier molecular flexibility index (Phi) is 11.6. The van der Waals surface area contributed by atoms with Gasteiger partial charge in [-0.1, -0.05) is 12.1 Å². The highest BCUT2D eigenvalue weighted by molar-refractivity contribution is 5.92. The second-order valence-corrected chi connectivity index (χ2v) is 13.7. The Morgan fingerprint density at radius 2 is 1.63 bits per heavy atom. The maximum atomic E-state index is 14.2. The third-order valence-electron chi connectivity index (χ3n) is 8.78. The van der Waals surface area contributed by atoms with Crippen molar-refractivity contribution in [3.63, 3.8) is 0 Å². The molecule has 2 fully saturated rings. The molecule has 266 valence electrons. The number of hydrogen-bond acceptors (Lipinski definition) is 9. The smallest absolute Gasteiger partial charge is 0.410 e. The summed E-state index contributed by atoms with van der Waals surface area (Å²) in [5, 5.41) is 4.65. The number of methoxy groups -OCH3 is 3. The fourth-order valence-corrected chi connectivity index (χ4v) is 6.01. The number of rotatable bonds is 14. The SMILES string of the molecule is COc1ccc(CN(Cc2cccc(OCCCN3CCN(C(=O)OC(C)(C)C)CC3)c2OC)C(=O)c2cc(C3CC3)nn2C)c(OC)c1. The molecule has 0 unspecified atom stereocenters. The van der Waals surface area contributed by atoms with E-state index in [0.29, 0.717) is 60.9 Å². The third-order valence-corrected chi connectivity index (χ3v) is 8.78. The Morgan fingerprint density at radius 3 is 2.29 bits per heavy atom. The molecule has 0 bridgehead atoms. The maximum absolute atomic E-state index is 14.2. The second kappa shape index (κ2) is 15.8. The minimum Gasteiger partial charge on any atom is -0.497 e. The summed E-state index contributed by atoms with van der Waals surface area (Å²) in [4.78, 5) is 32.5. The van der Waals surface area contributed by atoms with E-state index in [4.69, 9.17) is 23.7 Å². The van der Waals surface area contributed by atoms with Crippen LogP contribution in [-0.4, -0.2) is 103 Å². The van der Waals surface area contributed by atoms with Gasteiger partial charge in [0.1, 0.15) is 22.8 Å². The van der Waals surface area contributed by atoms with Gasteiger partial charge in [-0.25, -0.2) is 4.79 Å². The van der Waals surface area contributed by atoms with Crippen molar-refractivity contribution in [2.24, 2.45) is 7.05 Å². The number of piperazine rings is 1. The predicted molar refractivity (Wildman–Crippen MR) is 186 cm³/mol. The van der Waals surface area contributed by atoms with Crippen molar-refractivity contribution < 1.29 is 33.3 Å². The number of para-hydroxylation sites is 1. The molecule has 2 aliphatic rings. The summed E-state index contributed by atoms with van der Waals surface area (Å²) in [7, 11) is 6.67. The quantitative estimate of drug-likeness (QED) is 0.205. The number of amides is 2. The average molecular weight is 678 g/mol. The summed E-state index contributed by atoms with van der Waals surface area (Å²) < 4.78 is 30.4. The van der Waals surface area contributed by atoms with Crippen LogP contribution in [0.5, 0.6) is 23.0 Å². The van der Waals surface area contributed by atoms with Gasteiger partial charge in [0.15, 0.2) is 11.5 Å². The van der Waals surface area contributed by atoms with Gasteiger partial charge in [-0.15, -0.1) is 0 Å². The Bertz CT molecular complexity index is 1590. The van der Waals surface area contributed by atoms with Crippen molar-refractivity contribution in [1.29, 1.82) is 0 Å². The number of aromatic nitrogens is 2. The summed E-state index contributed by atoms with van der Waals surface area (Å²) >= 11 is 0. The fraction of sp³-hybridized carbons (Fsp3) is 0.541. The maximum Gasteiger partial charge on any atom is 0.410 e. The summed E-state index contributed by atoms with van der Waals surface area (Å²) in [6.07, 6.45) is 2.76. The standard InChI is InChI=1S/C37H51N5O7/c1-37(2,3)49-36(44)41-19-17-40(18-20-41)16-9-21-48-32-11-8-10-28(34(32)47-7)25-42(24-27-14-15-29(45-5)22-33(27)46-6)35(43)31-23-30(26-12-13-26)38-39(31)4/h8,10-11,14-15,22-23,26H,9,12-13,16-21,24-25H2,1-7H3. The van der Waals surface area contributed by atoms with E-state index >= 15 is 0 Å². The lowest BCUT2D eigenvalue weighted by Crippen LogP contribution is -2.50. The Labute approximate surface area is 289 Å². The van der Waals surface area contributed by atoms with E-state index in [0.717, 1.165) is 55.7 Å². The molecule has 49 heavy (non-hydrogen) atoms. The highest BCUT2D eigenvalue weighted by atomic mass is 16.6. The Balaban J connectivity index is 1.25. The van der Waals surface area contributed by atoms with Crippen molar-refractivity contribution in [2.45, 2.75) is 64.6 Å². The number of aryl methyl sites for hydroxylation is 1. The normalized spacial score (nSPS) is 15.1. The molecule has 5 rings (SSSR count). The molecule has 2 amide bonds. The van der Waals surface area contributed by atoms with Crippen LogP contribution in [0.1, 0.15) is 73.3 Å². The van der Waals surface area contributed by atoms with Crippen molar-refractivity contribution in [3.8, 4) is 23.0 Å². The van der Waals surface area contributed by atoms with Gasteiger partial charge in [0.2, 0.25) is 0 Å². The highest BCUT2D eigenvalue weighted by Crippen LogP contribution is 2.40. The Hall–Kier alpha value is -4.45. The largest absolute Gasteiger partial charge is 0.497 e. The molecule has 12 heteroatoms. The fourth-order valence-electron chi connectivity index (χ4n) is 6.01. The van der Waals surface area contributed by atoms with Crippen molar-refractivity contribution in [2.75, 3.05) is 60.7 Å². The molecule has 2 heterocycles. The zero-order valence-corrected chi connectivity index (χ0v) is 30.0. The predicted octanol–water partition coefficient (Wildman–Crippen LogP) is 5.49. The van der Waals surface area contributed by atoms with Gasteiger partial charge in [0.05, 0.1) is 46.7 Å². The minimum atomic E-state index is -0.499. The second-order valence-electron chi connectivity index (χ2n) is 13.7. The lowest BCUT2D eigenvalue weighted by molar-refractivity contribution is 0.0142. The van der Waals surface area contributed by atoms with Crippen LogP contribution < -0.4 is 18.9 Å². The van der Waals surface area contributed by atoms with Crippen molar-refractivity contribution >= 4 is 12.0 Å². The first-order chi connectivity index (χ1) is 23.5. The van der Waals surface area contributed by atoms with Gasteiger partial charge >= 0.3 is 6.09 Å². The number of hydrogen-bond donors (Lipinski definition) is 0. The van der Waals surface area contributed by atoms with Crippen LogP contribution in [0.25, 0.3) is 0 Å². The zero-order valence-electron chi connectivity index (χ0n) is 30.0. The van der Waals surface area contributed by atoms with Crippen LogP contribution in [-0.2, 0) is 24.9 Å². The van der Waals surface area contributed by atoms with Gasteiger partial charge in [-0.3, -0.25) is 14.4 Å². The van der Waals surface area contributed by atoms with Crippen LogP contribution in [0.4, 0.5) is 4.79 Å². The molecule has 1 aromatic heterocycles. The van der Waals surface area contributed by atoms with E-state index < -0.39 is 5.60 Å². The molecule has 1 aliphatic carbocycles. The van der Waals surface area contributed by atoms with Crippen molar-refractivity contribution in [3.05, 3.63) is 65.0 Å². The zero-order chi connectivity index (χ0) is 35.1. The molecule has 1 saturated heterocycles. The molecule has 12 nitrogen and oxygen atoms in total. The number of carbonyl (C=O) groups excluding carboxylic acids is 2. The molecule has 0 N–H and O–H groups in total. The van der Waals surface area contributed by atoms with Crippen LogP contribution in [0.2, 0.25) is 0 Å². The third kappa shape index (κ3) is 9.38. The summed E-state index contributed by atoms with van der Waals surface area (Å²) in [6, 6.07) is 13.3. The van der Waals surface area contributed by atoms with E-state index in [-0.39, 0.29) is 18.5 Å². The molecule has 1 saturated carbocycles. The van der Waals surface area contributed by atoms with Gasteiger partial charge in [-0.05, 0) is 64.3 Å². The number of nitrogens with zero attached hydrogens (tertiary/aromatic N) is 5. The number of ether oxygens (including phenoxy) is 5.